The van der Waals surface area contributed by atoms with Gasteiger partial charge in [-0.25, -0.2) is 4.79 Å². The van der Waals surface area contributed by atoms with Gasteiger partial charge in [-0.2, -0.15) is 0 Å². The van der Waals surface area contributed by atoms with Crippen LogP contribution in [0.1, 0.15) is 113 Å². The van der Waals surface area contributed by atoms with Crippen molar-refractivity contribution in [3.63, 3.8) is 0 Å². The number of fused-ring (bicyclic) bond motifs is 1. The third kappa shape index (κ3) is 15.0. The molecule has 0 aromatic heterocycles. The minimum absolute atomic E-state index is 0.00617. The summed E-state index contributed by atoms with van der Waals surface area (Å²) in [6.07, 6.45) is 0.0223. The summed E-state index contributed by atoms with van der Waals surface area (Å²) in [5.41, 5.74) is -0.542. The van der Waals surface area contributed by atoms with Crippen LogP contribution in [0.25, 0.3) is 0 Å². The summed E-state index contributed by atoms with van der Waals surface area (Å²) in [6.45, 7) is 18.2. The minimum Gasteiger partial charge on any atom is -0.450 e. The number of carbonyl (C=O) groups is 9. The van der Waals surface area contributed by atoms with Crippen molar-refractivity contribution in [3.05, 3.63) is 71.8 Å². The molecule has 420 valence electrons. The fourth-order valence-corrected chi connectivity index (χ4v) is 10.4. The van der Waals surface area contributed by atoms with E-state index in [1.165, 1.54) is 68.6 Å². The Bertz CT molecular complexity index is 2360. The number of aliphatic hydroxyl groups is 1. The molecule has 11 atom stereocenters. The van der Waals surface area contributed by atoms with Gasteiger partial charge in [-0.1, -0.05) is 122 Å². The molecule has 76 heavy (non-hydrogen) atoms. The number of cyclic esters (lactones) is 1. The van der Waals surface area contributed by atoms with Gasteiger partial charge in [0.05, 0.1) is 5.60 Å². The van der Waals surface area contributed by atoms with Crippen molar-refractivity contribution in [1.29, 1.82) is 0 Å². The Labute approximate surface area is 450 Å². The smallest absolute Gasteiger partial charge is 0.332 e. The zero-order valence-electron chi connectivity index (χ0n) is 47.5. The van der Waals surface area contributed by atoms with E-state index >= 15 is 9.59 Å². The van der Waals surface area contributed by atoms with Crippen molar-refractivity contribution >= 4 is 53.2 Å². The van der Waals surface area contributed by atoms with E-state index in [1.807, 2.05) is 43.3 Å². The van der Waals surface area contributed by atoms with Gasteiger partial charge < -0.3 is 50.3 Å². The van der Waals surface area contributed by atoms with Gasteiger partial charge >= 0.3 is 5.97 Å². The summed E-state index contributed by atoms with van der Waals surface area (Å²) < 4.78 is 6.01. The lowest BCUT2D eigenvalue weighted by molar-refractivity contribution is -0.177. The molecule has 2 saturated heterocycles. The van der Waals surface area contributed by atoms with E-state index in [9.17, 15) is 38.7 Å². The predicted molar refractivity (Wildman–Crippen MR) is 287 cm³/mol. The monoisotopic (exact) mass is 1060 g/mol. The molecule has 2 heterocycles. The summed E-state index contributed by atoms with van der Waals surface area (Å²) in [4.78, 5) is 139. The van der Waals surface area contributed by atoms with Gasteiger partial charge in [0.2, 0.25) is 41.4 Å². The van der Waals surface area contributed by atoms with E-state index in [4.69, 9.17) is 4.74 Å². The molecule has 2 aromatic carbocycles. The first-order chi connectivity index (χ1) is 35.6. The molecule has 2 aliphatic heterocycles. The second-order valence-corrected chi connectivity index (χ2v) is 22.2. The van der Waals surface area contributed by atoms with Gasteiger partial charge in [0.15, 0.2) is 12.1 Å². The van der Waals surface area contributed by atoms with Crippen LogP contribution in [0.15, 0.2) is 60.7 Å². The Kier molecular flexibility index (Phi) is 22.2. The van der Waals surface area contributed by atoms with Gasteiger partial charge in [-0.05, 0) is 68.9 Å². The number of amides is 8. The molecular formula is C57H86N8O11. The van der Waals surface area contributed by atoms with Crippen LogP contribution in [0.3, 0.4) is 0 Å². The summed E-state index contributed by atoms with van der Waals surface area (Å²) in [6, 6.07) is 8.06. The summed E-state index contributed by atoms with van der Waals surface area (Å²) in [7, 11) is 5.60. The molecule has 0 radical (unpaired) electrons. The second-order valence-electron chi connectivity index (χ2n) is 22.2. The van der Waals surface area contributed by atoms with Crippen LogP contribution in [0.4, 0.5) is 0 Å². The molecule has 2 aromatic rings. The number of nitrogens with zero attached hydrogens (tertiary/aromatic N) is 5. The van der Waals surface area contributed by atoms with Gasteiger partial charge in [-0.3, -0.25) is 38.4 Å². The number of nitrogens with one attached hydrogen (secondary N) is 3. The average molecular weight is 1060 g/mol. The van der Waals surface area contributed by atoms with Crippen LogP contribution in [0.5, 0.6) is 0 Å². The van der Waals surface area contributed by atoms with Crippen LogP contribution in [0, 0.1) is 23.7 Å². The number of ether oxygens (including phenoxy) is 1. The summed E-state index contributed by atoms with van der Waals surface area (Å²) >= 11 is 0. The number of hydrogen-bond donors (Lipinski definition) is 4. The van der Waals surface area contributed by atoms with E-state index in [0.717, 1.165) is 10.5 Å². The molecule has 2 aliphatic rings. The van der Waals surface area contributed by atoms with E-state index in [0.29, 0.717) is 24.8 Å². The Balaban J connectivity index is 1.94. The topological polar surface area (TPSA) is 235 Å². The molecule has 19 heteroatoms. The predicted octanol–water partition coefficient (Wildman–Crippen LogP) is 3.35. The highest BCUT2D eigenvalue weighted by molar-refractivity contribution is 5.99. The maximum Gasteiger partial charge on any atom is 0.332 e. The largest absolute Gasteiger partial charge is 0.450 e. The number of hydrogen-bond acceptors (Lipinski definition) is 11. The van der Waals surface area contributed by atoms with Crippen molar-refractivity contribution in [2.45, 2.75) is 175 Å². The van der Waals surface area contributed by atoms with Gasteiger partial charge in [0.1, 0.15) is 42.3 Å². The molecule has 19 nitrogen and oxygen atoms in total. The van der Waals surface area contributed by atoms with E-state index in [1.54, 1.807) is 72.7 Å². The van der Waals surface area contributed by atoms with Gasteiger partial charge in [0.25, 0.3) is 5.91 Å². The van der Waals surface area contributed by atoms with Crippen molar-refractivity contribution in [2.24, 2.45) is 23.7 Å². The normalized spacial score (nSPS) is 27.0. The average Bonchev–Trinajstić information content (AvgIpc) is 3.87. The van der Waals surface area contributed by atoms with Crippen molar-refractivity contribution in [1.82, 2.24) is 40.4 Å². The standard InChI is InChI=1S/C57H86N8O11/c1-16-35(7)43-54(72)62(13)44(33(3)4)49(67)58-37(9)51(69)64(15)47(57(10,11)75)56(74)76-46(36(8)17-2)55(73)63(14)45(34(5)6)50(68)59-40(31-38-25-20-18-21-26-38)52(70)61(12)42(32-39-27-22-19-23-28-39)53(71)65-30-24-29-41(65)48(66)60-43/h18-23,25-28,33-37,40-47,75H,16-17,24,29-32H2,1-15H3,(H,58,67)(H,59,68)(H,60,66)/t35-,36-,37+,40+,41+,42+,43+,44+,45+,46-,47-/m1/s1. The van der Waals surface area contributed by atoms with E-state index in [-0.39, 0.29) is 25.8 Å². The number of rotatable bonds is 11. The van der Waals surface area contributed by atoms with Gasteiger partial charge in [-0.15, -0.1) is 0 Å². The first-order valence-corrected chi connectivity index (χ1v) is 26.9. The van der Waals surface area contributed by atoms with Crippen molar-refractivity contribution in [3.8, 4) is 0 Å². The summed E-state index contributed by atoms with van der Waals surface area (Å²) in [5, 5.41) is 20.1. The van der Waals surface area contributed by atoms with Crippen LogP contribution >= 0.6 is 0 Å². The molecule has 2 fully saturated rings. The molecular weight excluding hydrogens is 973 g/mol. The molecule has 0 spiro atoms. The first-order valence-electron chi connectivity index (χ1n) is 26.9. The Morgan fingerprint density at radius 3 is 1.61 bits per heavy atom. The molecule has 0 aliphatic carbocycles. The molecule has 4 rings (SSSR count). The van der Waals surface area contributed by atoms with E-state index in [2.05, 4.69) is 16.0 Å². The van der Waals surface area contributed by atoms with Crippen molar-refractivity contribution in [2.75, 3.05) is 34.7 Å². The molecule has 8 amide bonds. The highest BCUT2D eigenvalue weighted by Crippen LogP contribution is 2.27. The maximum absolute atomic E-state index is 15.2. The number of carbonyl (C=O) groups excluding carboxylic acids is 9. The number of esters is 1. The Morgan fingerprint density at radius 2 is 1.11 bits per heavy atom. The second kappa shape index (κ2) is 27.1. The van der Waals surface area contributed by atoms with Crippen LogP contribution in [0.2, 0.25) is 0 Å². The lowest BCUT2D eigenvalue weighted by Crippen LogP contribution is -2.62. The molecule has 0 bridgehead atoms. The Morgan fingerprint density at radius 1 is 0.605 bits per heavy atom. The zero-order chi connectivity index (χ0) is 57.1. The van der Waals surface area contributed by atoms with Crippen LogP contribution in [-0.2, 0) is 60.7 Å². The first kappa shape index (κ1) is 62.2. The quantitative estimate of drug-likeness (QED) is 0.238. The fourth-order valence-electron chi connectivity index (χ4n) is 10.4. The highest BCUT2D eigenvalue weighted by Gasteiger charge is 2.47. The molecule has 0 saturated carbocycles. The zero-order valence-corrected chi connectivity index (χ0v) is 47.5. The highest BCUT2D eigenvalue weighted by atomic mass is 16.6. The van der Waals surface area contributed by atoms with Crippen LogP contribution in [-0.4, -0.2) is 178 Å². The number of likely N-dealkylation sites (N-methyl/N-ethyl adjacent to an activating group) is 4. The maximum atomic E-state index is 15.2. The van der Waals surface area contributed by atoms with Gasteiger partial charge in [0, 0.05) is 53.5 Å². The fraction of sp³-hybridized carbons (Fsp3) is 0.632. The number of benzene rings is 2. The SMILES string of the molecule is CC[C@@H](C)[C@@H]1NC(=O)[C@@H]2CCCN2C(=O)[C@H](Cc2ccccc2)N(C)C(=O)[C@H](Cc2ccccc2)NC(=O)[C@H](C(C)C)N(C)C(=O)[C@@H]([C@H](C)CC)OC(=O)[C@H](C(C)(C)O)N(C)C(=O)[C@H](C)NC(=O)[C@H](C(C)C)N(C)C1=O. The van der Waals surface area contributed by atoms with Crippen molar-refractivity contribution < 1.29 is 53.0 Å². The van der Waals surface area contributed by atoms with Crippen LogP contribution < -0.4 is 16.0 Å². The van der Waals surface area contributed by atoms with E-state index < -0.39 is 137 Å². The molecule has 0 unspecified atom stereocenters. The Hall–Kier alpha value is -6.37. The third-order valence-corrected chi connectivity index (χ3v) is 15.2. The third-order valence-electron chi connectivity index (χ3n) is 15.2. The minimum atomic E-state index is -1.96. The lowest BCUT2D eigenvalue weighted by atomic mass is 9.94. The molecule has 4 N–H and O–H groups in total. The summed E-state index contributed by atoms with van der Waals surface area (Å²) in [5.74, 6) is -8.55. The lowest BCUT2D eigenvalue weighted by Gasteiger charge is -2.39.